The van der Waals surface area contributed by atoms with Crippen molar-refractivity contribution < 1.29 is 22.9 Å². The summed E-state index contributed by atoms with van der Waals surface area (Å²) in [5, 5.41) is 13.3. The van der Waals surface area contributed by atoms with Gasteiger partial charge in [0.2, 0.25) is 9.84 Å². The number of aromatic nitrogens is 1. The van der Waals surface area contributed by atoms with Crippen LogP contribution in [0.5, 0.6) is 5.75 Å². The molecule has 156 valence electrons. The van der Waals surface area contributed by atoms with Gasteiger partial charge in [-0.15, -0.1) is 0 Å². The number of nitro benzene ring substituents is 1. The number of non-ortho nitro benzene ring substituents is 1. The fraction of sp³-hybridized carbons (Fsp3) is 0.0588. The largest absolute Gasteiger partial charge is 0.483 e. The lowest BCUT2D eigenvalue weighted by Crippen LogP contribution is -2.20. The first-order valence-corrected chi connectivity index (χ1v) is 11.9. The van der Waals surface area contributed by atoms with Gasteiger partial charge in [-0.25, -0.2) is 13.4 Å². The molecule has 3 aromatic rings. The first kappa shape index (κ1) is 22.3. The van der Waals surface area contributed by atoms with E-state index in [2.05, 4.69) is 42.2 Å². The molecule has 0 bridgehead atoms. The predicted molar refractivity (Wildman–Crippen MR) is 117 cm³/mol. The van der Waals surface area contributed by atoms with Crippen LogP contribution < -0.4 is 10.1 Å². The predicted octanol–water partition coefficient (Wildman–Crippen LogP) is 4.43. The molecule has 0 aliphatic carbocycles. The molecule has 0 saturated carbocycles. The number of carbonyl (C=O) groups is 1. The topological polar surface area (TPSA) is 128 Å². The second-order valence-electron chi connectivity index (χ2n) is 5.65. The molecule has 0 unspecified atom stereocenters. The number of halogens is 2. The maximum absolute atomic E-state index is 12.6. The van der Waals surface area contributed by atoms with Crippen molar-refractivity contribution in [2.75, 3.05) is 11.9 Å². The minimum atomic E-state index is -3.92. The Labute approximate surface area is 191 Å². The Hall–Kier alpha value is -2.35. The van der Waals surface area contributed by atoms with Crippen molar-refractivity contribution in [2.24, 2.45) is 0 Å². The van der Waals surface area contributed by atoms with E-state index in [1.54, 1.807) is 18.2 Å². The number of sulfone groups is 1. The van der Waals surface area contributed by atoms with Crippen molar-refractivity contribution in [2.45, 2.75) is 9.10 Å². The Balaban J connectivity index is 1.66. The molecule has 1 N–H and O–H groups in total. The Morgan fingerprint density at radius 2 is 1.90 bits per heavy atom. The number of hydrogen-bond donors (Lipinski definition) is 1. The fourth-order valence-electron chi connectivity index (χ4n) is 2.20. The number of thiazole rings is 1. The molecule has 1 heterocycles. The second kappa shape index (κ2) is 9.20. The Kier molecular flexibility index (Phi) is 6.85. The normalized spacial score (nSPS) is 11.1. The number of benzene rings is 2. The average Bonchev–Trinajstić information content (AvgIpc) is 3.16. The van der Waals surface area contributed by atoms with E-state index in [1.807, 2.05) is 0 Å². The molecule has 1 amide bonds. The van der Waals surface area contributed by atoms with Gasteiger partial charge >= 0.3 is 0 Å². The zero-order valence-corrected chi connectivity index (χ0v) is 19.5. The highest BCUT2D eigenvalue weighted by Gasteiger charge is 2.22. The minimum absolute atomic E-state index is 0.0824. The smallest absolute Gasteiger partial charge is 0.269 e. The molecule has 0 aliphatic rings. The van der Waals surface area contributed by atoms with E-state index < -0.39 is 20.7 Å². The third-order valence-electron chi connectivity index (χ3n) is 3.61. The van der Waals surface area contributed by atoms with E-state index in [0.29, 0.717) is 10.2 Å². The maximum Gasteiger partial charge on any atom is 0.269 e. The summed E-state index contributed by atoms with van der Waals surface area (Å²) in [6.07, 6.45) is 1.11. The molecule has 3 rings (SSSR count). The summed E-state index contributed by atoms with van der Waals surface area (Å²) in [6, 6.07) is 9.71. The van der Waals surface area contributed by atoms with Gasteiger partial charge < -0.3 is 4.74 Å². The molecule has 1 aromatic heterocycles. The first-order valence-electron chi connectivity index (χ1n) is 8.00. The van der Waals surface area contributed by atoms with Crippen LogP contribution in [-0.2, 0) is 14.6 Å². The number of ether oxygens (including phenoxy) is 1. The molecule has 30 heavy (non-hydrogen) atoms. The number of amides is 1. The van der Waals surface area contributed by atoms with Crippen molar-refractivity contribution in [3.8, 4) is 5.75 Å². The third-order valence-corrected chi connectivity index (χ3v) is 7.86. The zero-order valence-electron chi connectivity index (χ0n) is 14.7. The van der Waals surface area contributed by atoms with Gasteiger partial charge in [-0.05, 0) is 46.3 Å². The molecule has 0 radical (unpaired) electrons. The average molecular weight is 577 g/mol. The highest BCUT2D eigenvalue weighted by Crippen LogP contribution is 2.30. The van der Waals surface area contributed by atoms with E-state index >= 15 is 0 Å². The van der Waals surface area contributed by atoms with Gasteiger partial charge in [0.15, 0.2) is 11.7 Å². The molecule has 0 atom stereocenters. The monoisotopic (exact) mass is 575 g/mol. The van der Waals surface area contributed by atoms with Crippen LogP contribution in [0.15, 0.2) is 66.7 Å². The van der Waals surface area contributed by atoms with Gasteiger partial charge in [-0.3, -0.25) is 20.2 Å². The standard InChI is InChI=1S/C17H11Br2N3O6S2/c18-10-1-6-14(13(19)7-10)28-9-15(23)21-17-20-8-16(29-17)30(26,27)12-4-2-11(3-5-12)22(24)25/h1-8H,9H2,(H,20,21,23). The van der Waals surface area contributed by atoms with E-state index in [-0.39, 0.29) is 26.5 Å². The van der Waals surface area contributed by atoms with Crippen molar-refractivity contribution in [3.63, 3.8) is 0 Å². The van der Waals surface area contributed by atoms with Crippen LogP contribution in [-0.4, -0.2) is 30.8 Å². The SMILES string of the molecule is O=C(COc1ccc(Br)cc1Br)Nc1ncc(S(=O)(=O)c2ccc([N+](=O)[O-])cc2)s1. The maximum atomic E-state index is 12.6. The van der Waals surface area contributed by atoms with Gasteiger partial charge in [0.1, 0.15) is 9.96 Å². The van der Waals surface area contributed by atoms with E-state index in [4.69, 9.17) is 4.74 Å². The van der Waals surface area contributed by atoms with Crippen molar-refractivity contribution in [1.82, 2.24) is 4.98 Å². The van der Waals surface area contributed by atoms with Crippen molar-refractivity contribution >= 4 is 69.8 Å². The number of carbonyl (C=O) groups excluding carboxylic acids is 1. The quantitative estimate of drug-likeness (QED) is 0.325. The van der Waals surface area contributed by atoms with Crippen molar-refractivity contribution in [3.05, 3.63) is 67.7 Å². The summed E-state index contributed by atoms with van der Waals surface area (Å²) in [5.41, 5.74) is -0.219. The number of rotatable bonds is 7. The van der Waals surface area contributed by atoms with Gasteiger partial charge in [-0.2, -0.15) is 0 Å². The van der Waals surface area contributed by atoms with Crippen LogP contribution in [0.4, 0.5) is 10.8 Å². The lowest BCUT2D eigenvalue weighted by molar-refractivity contribution is -0.384. The van der Waals surface area contributed by atoms with E-state index in [1.165, 1.54) is 0 Å². The molecule has 9 nitrogen and oxygen atoms in total. The molecule has 0 fully saturated rings. The van der Waals surface area contributed by atoms with E-state index in [9.17, 15) is 23.3 Å². The minimum Gasteiger partial charge on any atom is -0.483 e. The lowest BCUT2D eigenvalue weighted by atomic mass is 10.3. The summed E-state index contributed by atoms with van der Waals surface area (Å²) in [6.45, 7) is -0.301. The number of nitro groups is 1. The third kappa shape index (κ3) is 5.22. The van der Waals surface area contributed by atoms with Crippen LogP contribution in [0.1, 0.15) is 0 Å². The molecule has 2 aromatic carbocycles. The molecule has 0 aliphatic heterocycles. The number of nitrogens with zero attached hydrogens (tertiary/aromatic N) is 2. The van der Waals surface area contributed by atoms with E-state index in [0.717, 1.165) is 46.3 Å². The first-order chi connectivity index (χ1) is 14.2. The Bertz CT molecular complexity index is 1210. The van der Waals surface area contributed by atoms with Crippen LogP contribution in [0.25, 0.3) is 0 Å². The Morgan fingerprint density at radius 1 is 1.20 bits per heavy atom. The zero-order chi connectivity index (χ0) is 21.9. The van der Waals surface area contributed by atoms with Crippen LogP contribution in [0.3, 0.4) is 0 Å². The summed E-state index contributed by atoms with van der Waals surface area (Å²) >= 11 is 7.40. The van der Waals surface area contributed by atoms with Gasteiger partial charge in [0.25, 0.3) is 11.6 Å². The van der Waals surface area contributed by atoms with Crippen LogP contribution >= 0.6 is 43.2 Å². The van der Waals surface area contributed by atoms with Gasteiger partial charge in [-0.1, -0.05) is 27.3 Å². The number of anilines is 1. The molecular formula is C17H11Br2N3O6S2. The van der Waals surface area contributed by atoms with Crippen molar-refractivity contribution in [1.29, 1.82) is 0 Å². The van der Waals surface area contributed by atoms with Crippen LogP contribution in [0, 0.1) is 10.1 Å². The molecular weight excluding hydrogens is 566 g/mol. The fourth-order valence-corrected chi connectivity index (χ4v) is 5.81. The molecule has 0 spiro atoms. The summed E-state index contributed by atoms with van der Waals surface area (Å²) in [5.74, 6) is -0.0487. The summed E-state index contributed by atoms with van der Waals surface area (Å²) < 4.78 is 32.1. The number of nitrogens with one attached hydrogen (secondary N) is 1. The van der Waals surface area contributed by atoms with Crippen LogP contribution in [0.2, 0.25) is 0 Å². The molecule has 0 saturated heterocycles. The lowest BCUT2D eigenvalue weighted by Gasteiger charge is -2.08. The summed E-state index contributed by atoms with van der Waals surface area (Å²) in [7, 11) is -3.92. The summed E-state index contributed by atoms with van der Waals surface area (Å²) in [4.78, 5) is 26.0. The highest BCUT2D eigenvalue weighted by atomic mass is 79.9. The van der Waals surface area contributed by atoms with Gasteiger partial charge in [0, 0.05) is 16.6 Å². The number of hydrogen-bond acceptors (Lipinski definition) is 8. The van der Waals surface area contributed by atoms with Gasteiger partial charge in [0.05, 0.1) is 20.5 Å². The molecule has 13 heteroatoms. The second-order valence-corrected chi connectivity index (χ2v) is 10.6. The highest BCUT2D eigenvalue weighted by molar-refractivity contribution is 9.11. The Morgan fingerprint density at radius 3 is 2.53 bits per heavy atom.